The summed E-state index contributed by atoms with van der Waals surface area (Å²) < 4.78 is 63.5. The van der Waals surface area contributed by atoms with Crippen LogP contribution < -0.4 is 0 Å². The molecule has 1 atom stereocenters. The maximum atomic E-state index is 11.3. The number of hydrogen-bond donors (Lipinski definition) is 5. The van der Waals surface area contributed by atoms with Gasteiger partial charge >= 0.3 is 0 Å². The van der Waals surface area contributed by atoms with Crippen molar-refractivity contribution in [1.29, 1.82) is 0 Å². The number of fused-ring (bicyclic) bond motifs is 2. The molecule has 1 aromatic heterocycles. The van der Waals surface area contributed by atoms with Gasteiger partial charge in [0.2, 0.25) is 0 Å². The van der Waals surface area contributed by atoms with E-state index in [4.69, 9.17) is 9.11 Å². The summed E-state index contributed by atoms with van der Waals surface area (Å²) in [5.74, 6) is -0.402. The number of benzene rings is 2. The summed E-state index contributed by atoms with van der Waals surface area (Å²) in [5.41, 5.74) is 0.655. The summed E-state index contributed by atoms with van der Waals surface area (Å²) >= 11 is 0. The van der Waals surface area contributed by atoms with Crippen LogP contribution in [0.5, 0.6) is 5.75 Å². The Labute approximate surface area is 158 Å². The van der Waals surface area contributed by atoms with Crippen molar-refractivity contribution in [3.63, 3.8) is 0 Å². The van der Waals surface area contributed by atoms with Crippen LogP contribution in [0, 0.1) is 0 Å². The maximum absolute atomic E-state index is 11.3. The first-order chi connectivity index (χ1) is 13.0. The lowest BCUT2D eigenvalue weighted by molar-refractivity contribution is 0.251. The first-order valence-electron chi connectivity index (χ1n) is 7.67. The predicted octanol–water partition coefficient (Wildman–Crippen LogP) is 1.53. The van der Waals surface area contributed by atoms with E-state index >= 15 is 0 Å². The Kier molecular flexibility index (Phi) is 3.89. The van der Waals surface area contributed by atoms with Gasteiger partial charge in [-0.25, -0.2) is 4.99 Å². The minimum Gasteiger partial charge on any atom is -0.505 e. The highest BCUT2D eigenvalue weighted by Gasteiger charge is 2.31. The van der Waals surface area contributed by atoms with Gasteiger partial charge in [0.25, 0.3) is 20.2 Å². The number of aliphatic hydroxyl groups is 1. The molecule has 146 valence electrons. The third kappa shape index (κ3) is 2.87. The Hall–Kier alpha value is -2.77. The molecule has 10 nitrogen and oxygen atoms in total. The lowest BCUT2D eigenvalue weighted by Gasteiger charge is -2.08. The van der Waals surface area contributed by atoms with Crippen molar-refractivity contribution in [2.45, 2.75) is 15.9 Å². The van der Waals surface area contributed by atoms with Crippen LogP contribution >= 0.6 is 0 Å². The standard InChI is InChI=1S/C16H12N2O8S2/c19-15-9-5-7(27(21,22)23)1-3-11(9)17-13(15)14-16(20)10-6-8(28(24,25)26)2-4-12(10)18-14/h1-6,15,18-20H,(H,21,22,23)(H,24,25,26). The predicted molar refractivity (Wildman–Crippen MR) is 97.2 cm³/mol. The zero-order valence-corrected chi connectivity index (χ0v) is 15.4. The maximum Gasteiger partial charge on any atom is 0.294 e. The second-order valence-electron chi connectivity index (χ2n) is 6.13. The molecule has 1 aliphatic rings. The molecule has 0 bridgehead atoms. The second kappa shape index (κ2) is 5.86. The monoisotopic (exact) mass is 424 g/mol. The van der Waals surface area contributed by atoms with Crippen molar-refractivity contribution in [3.8, 4) is 5.75 Å². The number of aromatic hydroxyl groups is 1. The number of nitrogens with zero attached hydrogens (tertiary/aromatic N) is 1. The molecule has 0 aliphatic carbocycles. The van der Waals surface area contributed by atoms with E-state index in [9.17, 15) is 27.0 Å². The minimum atomic E-state index is -4.48. The molecular weight excluding hydrogens is 412 g/mol. The number of aliphatic imine (C=N–C) groups is 1. The van der Waals surface area contributed by atoms with Crippen molar-refractivity contribution in [2.75, 3.05) is 0 Å². The first kappa shape index (κ1) is 18.6. The Morgan fingerprint density at radius 1 is 0.929 bits per heavy atom. The normalized spacial score (nSPS) is 17.0. The van der Waals surface area contributed by atoms with Crippen LogP contribution in [0.25, 0.3) is 10.9 Å². The molecule has 28 heavy (non-hydrogen) atoms. The molecule has 4 rings (SSSR count). The molecule has 0 saturated heterocycles. The number of nitrogens with one attached hydrogen (secondary N) is 1. The van der Waals surface area contributed by atoms with Crippen molar-refractivity contribution >= 4 is 42.5 Å². The highest BCUT2D eigenvalue weighted by Crippen LogP contribution is 2.41. The summed E-state index contributed by atoms with van der Waals surface area (Å²) in [5, 5.41) is 21.1. The number of aromatic amines is 1. The number of rotatable bonds is 3. The van der Waals surface area contributed by atoms with E-state index < -0.39 is 41.9 Å². The Morgan fingerprint density at radius 3 is 2.18 bits per heavy atom. The van der Waals surface area contributed by atoms with Gasteiger partial charge in [-0.2, -0.15) is 16.8 Å². The third-order valence-electron chi connectivity index (χ3n) is 4.39. The molecule has 5 N–H and O–H groups in total. The number of H-pyrrole nitrogens is 1. The van der Waals surface area contributed by atoms with Gasteiger partial charge in [0, 0.05) is 16.5 Å². The highest BCUT2D eigenvalue weighted by molar-refractivity contribution is 7.86. The lowest BCUT2D eigenvalue weighted by Crippen LogP contribution is -2.10. The quantitative estimate of drug-likeness (QED) is 0.393. The smallest absolute Gasteiger partial charge is 0.294 e. The van der Waals surface area contributed by atoms with Gasteiger partial charge in [0.15, 0.2) is 0 Å². The number of aromatic nitrogens is 1. The van der Waals surface area contributed by atoms with Crippen LogP contribution in [0.3, 0.4) is 0 Å². The van der Waals surface area contributed by atoms with Crippen molar-refractivity contribution in [1.82, 2.24) is 4.98 Å². The van der Waals surface area contributed by atoms with Gasteiger partial charge in [-0.3, -0.25) is 9.11 Å². The molecular formula is C16H12N2O8S2. The molecule has 1 unspecified atom stereocenters. The van der Waals surface area contributed by atoms with Crippen LogP contribution in [0.1, 0.15) is 17.4 Å². The van der Waals surface area contributed by atoms with Crippen LogP contribution in [-0.4, -0.2) is 46.8 Å². The Bertz CT molecular complexity index is 1390. The van der Waals surface area contributed by atoms with Crippen LogP contribution in [0.4, 0.5) is 5.69 Å². The molecule has 1 aliphatic heterocycles. The van der Waals surface area contributed by atoms with E-state index in [1.807, 2.05) is 0 Å². The summed E-state index contributed by atoms with van der Waals surface area (Å²) in [4.78, 5) is 6.16. The van der Waals surface area contributed by atoms with Gasteiger partial charge in [-0.15, -0.1) is 0 Å². The molecule has 0 spiro atoms. The van der Waals surface area contributed by atoms with Crippen molar-refractivity contribution in [2.24, 2.45) is 4.99 Å². The molecule has 2 aromatic carbocycles. The molecule has 0 radical (unpaired) electrons. The van der Waals surface area contributed by atoms with Gasteiger partial charge in [-0.1, -0.05) is 0 Å². The molecule has 12 heteroatoms. The zero-order chi connectivity index (χ0) is 20.4. The summed E-state index contributed by atoms with van der Waals surface area (Å²) in [6.45, 7) is 0. The van der Waals surface area contributed by atoms with Crippen molar-refractivity contribution < 1.29 is 36.2 Å². The van der Waals surface area contributed by atoms with E-state index in [1.54, 1.807) is 0 Å². The fourth-order valence-corrected chi connectivity index (χ4v) is 4.07. The topological polar surface area (TPSA) is 177 Å². The molecule has 0 amide bonds. The molecule has 3 aromatic rings. The van der Waals surface area contributed by atoms with Crippen LogP contribution in [-0.2, 0) is 20.2 Å². The fourth-order valence-electron chi connectivity index (χ4n) is 3.05. The van der Waals surface area contributed by atoms with Gasteiger partial charge in [-0.05, 0) is 36.4 Å². The Morgan fingerprint density at radius 2 is 1.54 bits per heavy atom. The van der Waals surface area contributed by atoms with E-state index in [0.717, 1.165) is 24.3 Å². The average Bonchev–Trinajstić information content (AvgIpc) is 3.10. The average molecular weight is 424 g/mol. The van der Waals surface area contributed by atoms with E-state index in [0.29, 0.717) is 5.52 Å². The summed E-state index contributed by atoms with van der Waals surface area (Å²) in [7, 11) is -8.96. The highest BCUT2D eigenvalue weighted by atomic mass is 32.2. The van der Waals surface area contributed by atoms with Gasteiger partial charge in [0.05, 0.1) is 15.5 Å². The third-order valence-corrected chi connectivity index (χ3v) is 6.09. The van der Waals surface area contributed by atoms with Crippen LogP contribution in [0.2, 0.25) is 0 Å². The fraction of sp³-hybridized carbons (Fsp3) is 0.0625. The van der Waals surface area contributed by atoms with Crippen molar-refractivity contribution in [3.05, 3.63) is 47.7 Å². The number of aliphatic hydroxyl groups excluding tert-OH is 1. The van der Waals surface area contributed by atoms with E-state index in [1.165, 1.54) is 12.1 Å². The largest absolute Gasteiger partial charge is 0.505 e. The van der Waals surface area contributed by atoms with Gasteiger partial charge in [0.1, 0.15) is 23.3 Å². The molecule has 0 fully saturated rings. The Balaban J connectivity index is 1.84. The number of hydrogen-bond acceptors (Lipinski definition) is 7. The molecule has 2 heterocycles. The van der Waals surface area contributed by atoms with Crippen LogP contribution in [0.15, 0.2) is 51.2 Å². The lowest BCUT2D eigenvalue weighted by atomic mass is 10.0. The SMILES string of the molecule is O=S(=O)(O)c1ccc2c(c1)C(O)C(c1[nH]c3ccc(S(=O)(=O)O)cc3c1O)=N2. The van der Waals surface area contributed by atoms with E-state index in [2.05, 4.69) is 9.98 Å². The van der Waals surface area contributed by atoms with Gasteiger partial charge < -0.3 is 15.2 Å². The first-order valence-corrected chi connectivity index (χ1v) is 10.6. The summed E-state index contributed by atoms with van der Waals surface area (Å²) in [6, 6.07) is 7.01. The minimum absolute atomic E-state index is 0.000377. The zero-order valence-electron chi connectivity index (χ0n) is 13.7. The summed E-state index contributed by atoms with van der Waals surface area (Å²) in [6.07, 6.45) is -1.41. The second-order valence-corrected chi connectivity index (χ2v) is 8.97. The van der Waals surface area contributed by atoms with E-state index in [-0.39, 0.29) is 28.0 Å². The molecule has 0 saturated carbocycles.